The normalized spacial score (nSPS) is 12.6. The van der Waals surface area contributed by atoms with Crippen LogP contribution in [0.1, 0.15) is 37.8 Å². The number of hydrogen-bond donors (Lipinski definition) is 2. The molecule has 0 aliphatic rings. The van der Waals surface area contributed by atoms with Crippen LogP contribution in [0.25, 0.3) is 6.08 Å². The first-order chi connectivity index (χ1) is 9.15. The molecule has 0 heterocycles. The fraction of sp³-hybridized carbons (Fsp3) is 0.438. The largest absolute Gasteiger partial charge is 0.396 e. The van der Waals surface area contributed by atoms with E-state index < -0.39 is 0 Å². The summed E-state index contributed by atoms with van der Waals surface area (Å²) in [4.78, 5) is 11.7. The zero-order valence-corrected chi connectivity index (χ0v) is 11.7. The minimum atomic E-state index is -0.0926. The molecule has 19 heavy (non-hydrogen) atoms. The highest BCUT2D eigenvalue weighted by Crippen LogP contribution is 2.06. The number of amides is 1. The van der Waals surface area contributed by atoms with Crippen molar-refractivity contribution in [2.24, 2.45) is 0 Å². The first-order valence-corrected chi connectivity index (χ1v) is 6.84. The van der Waals surface area contributed by atoms with E-state index in [4.69, 9.17) is 5.11 Å². The Bertz CT molecular complexity index is 409. The zero-order valence-electron chi connectivity index (χ0n) is 11.7. The van der Waals surface area contributed by atoms with Gasteiger partial charge < -0.3 is 10.4 Å². The van der Waals surface area contributed by atoms with Crippen LogP contribution in [0.5, 0.6) is 0 Å². The maximum Gasteiger partial charge on any atom is 0.244 e. The maximum absolute atomic E-state index is 11.7. The second kappa shape index (κ2) is 8.48. The van der Waals surface area contributed by atoms with Gasteiger partial charge >= 0.3 is 0 Å². The molecule has 1 rings (SSSR count). The van der Waals surface area contributed by atoms with Gasteiger partial charge in [-0.3, -0.25) is 4.79 Å². The van der Waals surface area contributed by atoms with Crippen molar-refractivity contribution in [1.29, 1.82) is 0 Å². The van der Waals surface area contributed by atoms with Gasteiger partial charge in [0.05, 0.1) is 0 Å². The molecule has 1 aromatic carbocycles. The van der Waals surface area contributed by atoms with E-state index in [0.29, 0.717) is 6.42 Å². The molecule has 3 heteroatoms. The Morgan fingerprint density at radius 2 is 2.05 bits per heavy atom. The molecule has 1 atom stereocenters. The van der Waals surface area contributed by atoms with Gasteiger partial charge in [-0.25, -0.2) is 0 Å². The predicted octanol–water partition coefficient (Wildman–Crippen LogP) is 2.54. The quantitative estimate of drug-likeness (QED) is 0.741. The van der Waals surface area contributed by atoms with Crippen LogP contribution in [0, 0.1) is 0 Å². The molecule has 0 fully saturated rings. The monoisotopic (exact) mass is 261 g/mol. The number of nitrogens with one attached hydrogen (secondary N) is 1. The molecule has 3 nitrogen and oxygen atoms in total. The number of rotatable bonds is 7. The SMILES string of the molecule is CCc1ccc(C=CC(=O)NC(C)CCCO)cc1. The van der Waals surface area contributed by atoms with E-state index in [9.17, 15) is 4.79 Å². The van der Waals surface area contributed by atoms with Gasteiger partial charge in [-0.2, -0.15) is 0 Å². The molecule has 1 unspecified atom stereocenters. The molecule has 1 amide bonds. The van der Waals surface area contributed by atoms with E-state index in [1.165, 1.54) is 5.56 Å². The predicted molar refractivity (Wildman–Crippen MR) is 78.8 cm³/mol. The topological polar surface area (TPSA) is 49.3 Å². The number of benzene rings is 1. The van der Waals surface area contributed by atoms with Crippen LogP contribution in [-0.2, 0) is 11.2 Å². The lowest BCUT2D eigenvalue weighted by molar-refractivity contribution is -0.117. The molecular weight excluding hydrogens is 238 g/mol. The molecule has 0 radical (unpaired) electrons. The maximum atomic E-state index is 11.7. The average Bonchev–Trinajstić information content (AvgIpc) is 2.43. The van der Waals surface area contributed by atoms with Crippen LogP contribution in [0.2, 0.25) is 0 Å². The van der Waals surface area contributed by atoms with Crippen molar-refractivity contribution in [3.63, 3.8) is 0 Å². The Labute approximate surface area is 115 Å². The molecule has 0 aliphatic heterocycles. The van der Waals surface area contributed by atoms with Crippen LogP contribution in [0.4, 0.5) is 0 Å². The molecule has 104 valence electrons. The molecule has 0 saturated heterocycles. The Balaban J connectivity index is 2.44. The standard InChI is InChI=1S/C16H23NO2/c1-3-14-6-8-15(9-7-14)10-11-16(19)17-13(2)5-4-12-18/h6-11,13,18H,3-5,12H2,1-2H3,(H,17,19). The summed E-state index contributed by atoms with van der Waals surface area (Å²) in [6, 6.07) is 8.25. The summed E-state index contributed by atoms with van der Waals surface area (Å²) in [6.45, 7) is 4.23. The lowest BCUT2D eigenvalue weighted by Gasteiger charge is -2.11. The van der Waals surface area contributed by atoms with Crippen molar-refractivity contribution in [1.82, 2.24) is 5.32 Å². The molecule has 2 N–H and O–H groups in total. The van der Waals surface area contributed by atoms with Crippen LogP contribution < -0.4 is 5.32 Å². The van der Waals surface area contributed by atoms with Gasteiger partial charge in [0.2, 0.25) is 5.91 Å². The first-order valence-electron chi connectivity index (χ1n) is 6.84. The number of hydrogen-bond acceptors (Lipinski definition) is 2. The lowest BCUT2D eigenvalue weighted by atomic mass is 10.1. The minimum absolute atomic E-state index is 0.0896. The van der Waals surface area contributed by atoms with Gasteiger partial charge in [0.25, 0.3) is 0 Å². The van der Waals surface area contributed by atoms with Gasteiger partial charge in [0, 0.05) is 18.7 Å². The van der Waals surface area contributed by atoms with E-state index in [0.717, 1.165) is 18.4 Å². The molecule has 0 bridgehead atoms. The van der Waals surface area contributed by atoms with Crippen molar-refractivity contribution < 1.29 is 9.90 Å². The molecular formula is C16H23NO2. The van der Waals surface area contributed by atoms with Crippen LogP contribution in [0.15, 0.2) is 30.3 Å². The Morgan fingerprint density at radius 1 is 1.37 bits per heavy atom. The zero-order chi connectivity index (χ0) is 14.1. The summed E-state index contributed by atoms with van der Waals surface area (Å²) in [7, 11) is 0. The molecule has 0 saturated carbocycles. The number of carbonyl (C=O) groups is 1. The first kappa shape index (κ1) is 15.4. The summed E-state index contributed by atoms with van der Waals surface area (Å²) in [6.07, 6.45) is 5.89. The van der Waals surface area contributed by atoms with Crippen molar-refractivity contribution >= 4 is 12.0 Å². The van der Waals surface area contributed by atoms with E-state index in [1.807, 2.05) is 25.1 Å². The second-order valence-electron chi connectivity index (χ2n) is 4.70. The second-order valence-corrected chi connectivity index (χ2v) is 4.70. The highest BCUT2D eigenvalue weighted by molar-refractivity contribution is 5.91. The van der Waals surface area contributed by atoms with Crippen LogP contribution in [-0.4, -0.2) is 23.7 Å². The third-order valence-electron chi connectivity index (χ3n) is 3.00. The molecule has 1 aromatic rings. The Morgan fingerprint density at radius 3 is 2.63 bits per heavy atom. The fourth-order valence-corrected chi connectivity index (χ4v) is 1.80. The van der Waals surface area contributed by atoms with Crippen LogP contribution in [0.3, 0.4) is 0 Å². The number of carbonyl (C=O) groups excluding carboxylic acids is 1. The van der Waals surface area contributed by atoms with Crippen molar-refractivity contribution in [3.8, 4) is 0 Å². The summed E-state index contributed by atoms with van der Waals surface area (Å²) in [5.41, 5.74) is 2.31. The van der Waals surface area contributed by atoms with Gasteiger partial charge in [-0.1, -0.05) is 31.2 Å². The minimum Gasteiger partial charge on any atom is -0.396 e. The van der Waals surface area contributed by atoms with E-state index in [1.54, 1.807) is 6.08 Å². The summed E-state index contributed by atoms with van der Waals surface area (Å²) >= 11 is 0. The van der Waals surface area contributed by atoms with Crippen LogP contribution >= 0.6 is 0 Å². The molecule has 0 aliphatic carbocycles. The number of aliphatic hydroxyl groups is 1. The van der Waals surface area contributed by atoms with E-state index in [-0.39, 0.29) is 18.6 Å². The highest BCUT2D eigenvalue weighted by Gasteiger charge is 2.03. The summed E-state index contributed by atoms with van der Waals surface area (Å²) in [5.74, 6) is -0.0926. The van der Waals surface area contributed by atoms with Crippen molar-refractivity contribution in [3.05, 3.63) is 41.5 Å². The number of aryl methyl sites for hydroxylation is 1. The van der Waals surface area contributed by atoms with Crippen molar-refractivity contribution in [2.75, 3.05) is 6.61 Å². The summed E-state index contributed by atoms with van der Waals surface area (Å²) in [5, 5.41) is 11.6. The summed E-state index contributed by atoms with van der Waals surface area (Å²) < 4.78 is 0. The van der Waals surface area contributed by atoms with E-state index in [2.05, 4.69) is 24.4 Å². The lowest BCUT2D eigenvalue weighted by Crippen LogP contribution is -2.31. The van der Waals surface area contributed by atoms with E-state index >= 15 is 0 Å². The van der Waals surface area contributed by atoms with Gasteiger partial charge in [0.15, 0.2) is 0 Å². The Hall–Kier alpha value is -1.61. The molecule has 0 spiro atoms. The smallest absolute Gasteiger partial charge is 0.244 e. The van der Waals surface area contributed by atoms with Gasteiger partial charge in [-0.05, 0) is 43.4 Å². The van der Waals surface area contributed by atoms with Gasteiger partial charge in [-0.15, -0.1) is 0 Å². The van der Waals surface area contributed by atoms with Crippen molar-refractivity contribution in [2.45, 2.75) is 39.2 Å². The third-order valence-corrected chi connectivity index (χ3v) is 3.00. The highest BCUT2D eigenvalue weighted by atomic mass is 16.2. The van der Waals surface area contributed by atoms with Gasteiger partial charge in [0.1, 0.15) is 0 Å². The average molecular weight is 261 g/mol. The Kier molecular flexibility index (Phi) is 6.90. The molecule has 0 aromatic heterocycles. The fourth-order valence-electron chi connectivity index (χ4n) is 1.80. The number of aliphatic hydroxyl groups excluding tert-OH is 1. The third kappa shape index (κ3) is 6.20.